The second-order valence-corrected chi connectivity index (χ2v) is 4.82. The Morgan fingerprint density at radius 3 is 2.89 bits per heavy atom. The molecule has 0 amide bonds. The van der Waals surface area contributed by atoms with Crippen LogP contribution in [0.25, 0.3) is 0 Å². The fourth-order valence-corrected chi connectivity index (χ4v) is 2.03. The first kappa shape index (κ1) is 13.5. The monoisotopic (exact) mass is 260 g/mol. The van der Waals surface area contributed by atoms with Gasteiger partial charge in [0.25, 0.3) is 0 Å². The molecule has 1 unspecified atom stereocenters. The van der Waals surface area contributed by atoms with E-state index < -0.39 is 0 Å². The molecule has 19 heavy (non-hydrogen) atoms. The van der Waals surface area contributed by atoms with Gasteiger partial charge in [-0.2, -0.15) is 5.10 Å². The Morgan fingerprint density at radius 2 is 2.21 bits per heavy atom. The molecule has 2 N–H and O–H groups in total. The summed E-state index contributed by atoms with van der Waals surface area (Å²) in [6.07, 6.45) is 2.48. The zero-order chi connectivity index (χ0) is 13.8. The second-order valence-electron chi connectivity index (χ2n) is 4.82. The zero-order valence-corrected chi connectivity index (χ0v) is 11.6. The summed E-state index contributed by atoms with van der Waals surface area (Å²) in [7, 11) is 1.86. The molecule has 0 aliphatic rings. The summed E-state index contributed by atoms with van der Waals surface area (Å²) >= 11 is 0. The van der Waals surface area contributed by atoms with Gasteiger partial charge in [-0.1, -0.05) is 17.7 Å². The summed E-state index contributed by atoms with van der Waals surface area (Å²) in [5, 5.41) is 17.5. The number of aryl methyl sites for hydroxylation is 2. The van der Waals surface area contributed by atoms with E-state index in [4.69, 9.17) is 0 Å². The minimum absolute atomic E-state index is 0.101. The van der Waals surface area contributed by atoms with Crippen LogP contribution in [-0.2, 0) is 13.5 Å². The molecule has 0 radical (unpaired) electrons. The van der Waals surface area contributed by atoms with Crippen molar-refractivity contribution in [1.82, 2.24) is 20.1 Å². The van der Waals surface area contributed by atoms with Gasteiger partial charge in [-0.25, -0.2) is 4.98 Å². The maximum atomic E-state index is 9.86. The molecule has 0 aliphatic carbocycles. The number of hydrogen-bond acceptors (Lipinski definition) is 4. The van der Waals surface area contributed by atoms with Crippen LogP contribution in [0.5, 0.6) is 5.75 Å². The normalized spacial score (nSPS) is 12.6. The molecule has 5 nitrogen and oxygen atoms in total. The van der Waals surface area contributed by atoms with Crippen molar-refractivity contribution in [3.8, 4) is 5.75 Å². The number of rotatable bonds is 5. The summed E-state index contributed by atoms with van der Waals surface area (Å²) in [6.45, 7) is 4.84. The Bertz CT molecular complexity index is 550. The molecule has 1 atom stereocenters. The highest BCUT2D eigenvalue weighted by molar-refractivity contribution is 5.37. The molecule has 0 bridgehead atoms. The van der Waals surface area contributed by atoms with Gasteiger partial charge in [-0.15, -0.1) is 0 Å². The SMILES string of the molecule is Cc1ccc(O)c(C(C)NCCc2ncn(C)n2)c1. The van der Waals surface area contributed by atoms with Crippen LogP contribution in [0.4, 0.5) is 0 Å². The molecule has 0 saturated heterocycles. The lowest BCUT2D eigenvalue weighted by molar-refractivity contribution is 0.452. The number of nitrogens with zero attached hydrogens (tertiary/aromatic N) is 3. The third-order valence-corrected chi connectivity index (χ3v) is 3.10. The van der Waals surface area contributed by atoms with Crippen molar-refractivity contribution < 1.29 is 5.11 Å². The van der Waals surface area contributed by atoms with Crippen molar-refractivity contribution in [1.29, 1.82) is 0 Å². The van der Waals surface area contributed by atoms with Crippen molar-refractivity contribution in [3.05, 3.63) is 41.5 Å². The Balaban J connectivity index is 1.90. The van der Waals surface area contributed by atoms with E-state index in [1.807, 2.05) is 33.0 Å². The molecule has 0 saturated carbocycles. The minimum Gasteiger partial charge on any atom is -0.508 e. The predicted molar refractivity (Wildman–Crippen MR) is 74.0 cm³/mol. The number of hydrogen-bond donors (Lipinski definition) is 2. The highest BCUT2D eigenvalue weighted by Crippen LogP contribution is 2.24. The third-order valence-electron chi connectivity index (χ3n) is 3.10. The molecule has 0 fully saturated rings. The van der Waals surface area contributed by atoms with E-state index in [1.165, 1.54) is 0 Å². The molecule has 1 heterocycles. The smallest absolute Gasteiger partial charge is 0.151 e. The molecule has 2 aromatic rings. The third kappa shape index (κ3) is 3.54. The van der Waals surface area contributed by atoms with Crippen molar-refractivity contribution in [3.63, 3.8) is 0 Å². The van der Waals surface area contributed by atoms with Crippen LogP contribution in [0.15, 0.2) is 24.5 Å². The number of nitrogens with one attached hydrogen (secondary N) is 1. The van der Waals surface area contributed by atoms with Crippen LogP contribution in [-0.4, -0.2) is 26.4 Å². The lowest BCUT2D eigenvalue weighted by Gasteiger charge is -2.15. The molecule has 0 spiro atoms. The van der Waals surface area contributed by atoms with Crippen molar-refractivity contribution in [2.75, 3.05) is 6.54 Å². The van der Waals surface area contributed by atoms with Gasteiger partial charge in [0.05, 0.1) is 0 Å². The van der Waals surface area contributed by atoms with Crippen molar-refractivity contribution in [2.24, 2.45) is 7.05 Å². The van der Waals surface area contributed by atoms with Gasteiger partial charge >= 0.3 is 0 Å². The van der Waals surface area contributed by atoms with E-state index in [9.17, 15) is 5.11 Å². The van der Waals surface area contributed by atoms with E-state index in [1.54, 1.807) is 17.1 Å². The standard InChI is InChI=1S/C14H20N4O/c1-10-4-5-13(19)12(8-10)11(2)15-7-6-14-16-9-18(3)17-14/h4-5,8-9,11,15,19H,6-7H2,1-3H3. The highest BCUT2D eigenvalue weighted by atomic mass is 16.3. The Kier molecular flexibility index (Phi) is 4.16. The second kappa shape index (κ2) is 5.84. The molecule has 1 aromatic carbocycles. The van der Waals surface area contributed by atoms with Crippen molar-refractivity contribution >= 4 is 0 Å². The van der Waals surface area contributed by atoms with Gasteiger partial charge in [0, 0.05) is 31.6 Å². The van der Waals surface area contributed by atoms with Crippen LogP contribution in [0.1, 0.15) is 29.9 Å². The Labute approximate surface area is 113 Å². The fourth-order valence-electron chi connectivity index (χ4n) is 2.03. The van der Waals surface area contributed by atoms with Gasteiger partial charge in [0.2, 0.25) is 0 Å². The molecule has 2 rings (SSSR count). The van der Waals surface area contributed by atoms with E-state index in [0.717, 1.165) is 29.9 Å². The lowest BCUT2D eigenvalue weighted by atomic mass is 10.0. The van der Waals surface area contributed by atoms with Gasteiger partial charge in [-0.05, 0) is 19.9 Å². The van der Waals surface area contributed by atoms with E-state index >= 15 is 0 Å². The number of phenols is 1. The van der Waals surface area contributed by atoms with E-state index in [-0.39, 0.29) is 6.04 Å². The fraction of sp³-hybridized carbons (Fsp3) is 0.429. The maximum Gasteiger partial charge on any atom is 0.151 e. The summed E-state index contributed by atoms with van der Waals surface area (Å²) in [4.78, 5) is 4.18. The quantitative estimate of drug-likeness (QED) is 0.859. The largest absolute Gasteiger partial charge is 0.508 e. The first-order valence-electron chi connectivity index (χ1n) is 6.43. The average Bonchev–Trinajstić information content (AvgIpc) is 2.78. The van der Waals surface area contributed by atoms with Crippen LogP contribution >= 0.6 is 0 Å². The van der Waals surface area contributed by atoms with Gasteiger partial charge in [-0.3, -0.25) is 4.68 Å². The topological polar surface area (TPSA) is 63.0 Å². The molecular weight excluding hydrogens is 240 g/mol. The van der Waals surface area contributed by atoms with Gasteiger partial charge in [0.15, 0.2) is 5.82 Å². The van der Waals surface area contributed by atoms with Gasteiger partial charge in [0.1, 0.15) is 12.1 Å². The zero-order valence-electron chi connectivity index (χ0n) is 11.6. The van der Waals surface area contributed by atoms with Crippen LogP contribution in [0.3, 0.4) is 0 Å². The summed E-state index contributed by atoms with van der Waals surface area (Å²) < 4.78 is 1.70. The number of phenolic OH excluding ortho intramolecular Hbond substituents is 1. The van der Waals surface area contributed by atoms with Crippen molar-refractivity contribution in [2.45, 2.75) is 26.3 Å². The molecule has 0 aliphatic heterocycles. The van der Waals surface area contributed by atoms with Crippen LogP contribution in [0, 0.1) is 6.92 Å². The van der Waals surface area contributed by atoms with E-state index in [0.29, 0.717) is 5.75 Å². The van der Waals surface area contributed by atoms with Gasteiger partial charge < -0.3 is 10.4 Å². The van der Waals surface area contributed by atoms with E-state index in [2.05, 4.69) is 15.4 Å². The summed E-state index contributed by atoms with van der Waals surface area (Å²) in [6, 6.07) is 5.75. The highest BCUT2D eigenvalue weighted by Gasteiger charge is 2.10. The molecular formula is C14H20N4O. The Hall–Kier alpha value is -1.88. The maximum absolute atomic E-state index is 9.86. The molecule has 5 heteroatoms. The Morgan fingerprint density at radius 1 is 1.42 bits per heavy atom. The minimum atomic E-state index is 0.101. The summed E-state index contributed by atoms with van der Waals surface area (Å²) in [5.74, 6) is 1.16. The lowest BCUT2D eigenvalue weighted by Crippen LogP contribution is -2.22. The number of aromatic nitrogens is 3. The summed E-state index contributed by atoms with van der Waals surface area (Å²) in [5.41, 5.74) is 2.07. The van der Waals surface area contributed by atoms with Crippen LogP contribution < -0.4 is 5.32 Å². The predicted octanol–water partition coefficient (Wildman–Crippen LogP) is 1.72. The number of benzene rings is 1. The van der Waals surface area contributed by atoms with Crippen LogP contribution in [0.2, 0.25) is 0 Å². The molecule has 102 valence electrons. The first-order chi connectivity index (χ1) is 9.06. The first-order valence-corrected chi connectivity index (χ1v) is 6.43. The number of aromatic hydroxyl groups is 1. The average molecular weight is 260 g/mol. The molecule has 1 aromatic heterocycles.